The molecule has 0 aliphatic carbocycles. The van der Waals surface area contributed by atoms with E-state index in [2.05, 4.69) is 5.32 Å². The van der Waals surface area contributed by atoms with Crippen molar-refractivity contribution in [1.29, 1.82) is 0 Å². The highest BCUT2D eigenvalue weighted by atomic mass is 32.2. The maximum atomic E-state index is 13.1. The Morgan fingerprint density at radius 2 is 2.13 bits per heavy atom. The molecule has 0 bridgehead atoms. The summed E-state index contributed by atoms with van der Waals surface area (Å²) in [7, 11) is -0.413. The van der Waals surface area contributed by atoms with Gasteiger partial charge in [-0.3, -0.25) is 4.79 Å². The van der Waals surface area contributed by atoms with Gasteiger partial charge in [-0.05, 0) is 17.7 Å². The number of carbonyl (C=O) groups is 1. The number of hydrogen-bond donors (Lipinski definition) is 1. The molecular weight excluding hydrogens is 323 g/mol. The summed E-state index contributed by atoms with van der Waals surface area (Å²) in [6.07, 6.45) is 0.0431. The van der Waals surface area contributed by atoms with Crippen molar-refractivity contribution in [3.8, 4) is 0 Å². The third kappa shape index (κ3) is 4.98. The number of amides is 1. The maximum absolute atomic E-state index is 13.1. The number of sulfonamides is 1. The fourth-order valence-electron chi connectivity index (χ4n) is 2.43. The van der Waals surface area contributed by atoms with Crippen molar-refractivity contribution >= 4 is 15.9 Å². The second-order valence-electron chi connectivity index (χ2n) is 5.84. The van der Waals surface area contributed by atoms with Crippen LogP contribution in [0.3, 0.4) is 0 Å². The van der Waals surface area contributed by atoms with Crippen LogP contribution in [0.2, 0.25) is 0 Å². The lowest BCUT2D eigenvalue weighted by Crippen LogP contribution is -2.44. The fourth-order valence-corrected chi connectivity index (χ4v) is 3.60. The number of hydrogen-bond acceptors (Lipinski definition) is 4. The molecule has 0 radical (unpaired) electrons. The topological polar surface area (TPSA) is 75.7 Å². The number of benzene rings is 1. The van der Waals surface area contributed by atoms with Gasteiger partial charge in [0, 0.05) is 20.0 Å². The van der Waals surface area contributed by atoms with Crippen molar-refractivity contribution in [3.05, 3.63) is 35.6 Å². The van der Waals surface area contributed by atoms with Gasteiger partial charge >= 0.3 is 0 Å². The average Bonchev–Trinajstić information content (AvgIpc) is 2.84. The summed E-state index contributed by atoms with van der Waals surface area (Å²) < 4.78 is 43.5. The quantitative estimate of drug-likeness (QED) is 0.810. The maximum Gasteiger partial charge on any atom is 0.224 e. The second-order valence-corrected chi connectivity index (χ2v) is 8.07. The lowest BCUT2D eigenvalue weighted by molar-refractivity contribution is -0.121. The Labute approximate surface area is 135 Å². The molecule has 1 aromatic carbocycles. The van der Waals surface area contributed by atoms with Crippen LogP contribution in [-0.2, 0) is 26.0 Å². The molecule has 1 N–H and O–H groups in total. The zero-order chi connectivity index (χ0) is 17.0. The Hall–Kier alpha value is -1.51. The minimum absolute atomic E-state index is 0.0431. The molecule has 1 aromatic rings. The van der Waals surface area contributed by atoms with Crippen molar-refractivity contribution < 1.29 is 22.3 Å². The first-order chi connectivity index (χ1) is 10.8. The standard InChI is InChI=1S/C15H21FN2O4S/c1-18(2)23(20,21)10-12-8-22-9-14(12)17-15(19)7-11-4-3-5-13(16)6-11/h3-6,12,14H,7-10H2,1-2H3,(H,17,19)/t12-,14+/m0/s1. The van der Waals surface area contributed by atoms with Crippen molar-refractivity contribution in [2.45, 2.75) is 12.5 Å². The average molecular weight is 344 g/mol. The fraction of sp³-hybridized carbons (Fsp3) is 0.533. The Bertz CT molecular complexity index is 663. The van der Waals surface area contributed by atoms with E-state index < -0.39 is 15.8 Å². The molecule has 0 unspecified atom stereocenters. The van der Waals surface area contributed by atoms with Crippen LogP contribution in [0, 0.1) is 11.7 Å². The molecule has 8 heteroatoms. The van der Waals surface area contributed by atoms with Gasteiger partial charge in [0.25, 0.3) is 0 Å². The molecule has 2 rings (SSSR count). The molecule has 0 spiro atoms. The smallest absolute Gasteiger partial charge is 0.224 e. The predicted octanol–water partition coefficient (Wildman–Crippen LogP) is 0.391. The van der Waals surface area contributed by atoms with Crippen LogP contribution in [0.25, 0.3) is 0 Å². The largest absolute Gasteiger partial charge is 0.379 e. The third-order valence-corrected chi connectivity index (χ3v) is 5.74. The van der Waals surface area contributed by atoms with Gasteiger partial charge in [0.05, 0.1) is 31.4 Å². The normalized spacial score (nSPS) is 21.6. The zero-order valence-corrected chi connectivity index (χ0v) is 14.0. The lowest BCUT2D eigenvalue weighted by atomic mass is 10.1. The molecule has 1 fully saturated rings. The molecule has 0 aromatic heterocycles. The summed E-state index contributed by atoms with van der Waals surface area (Å²) in [5, 5.41) is 2.79. The highest BCUT2D eigenvalue weighted by Crippen LogP contribution is 2.17. The van der Waals surface area contributed by atoms with Crippen molar-refractivity contribution in [2.24, 2.45) is 5.92 Å². The molecule has 1 saturated heterocycles. The van der Waals surface area contributed by atoms with Gasteiger partial charge in [-0.25, -0.2) is 17.1 Å². The van der Waals surface area contributed by atoms with E-state index in [0.29, 0.717) is 5.56 Å². The molecule has 23 heavy (non-hydrogen) atoms. The van der Waals surface area contributed by atoms with Crippen molar-refractivity contribution in [1.82, 2.24) is 9.62 Å². The Morgan fingerprint density at radius 3 is 2.78 bits per heavy atom. The van der Waals surface area contributed by atoms with E-state index in [1.54, 1.807) is 12.1 Å². The number of nitrogens with zero attached hydrogens (tertiary/aromatic N) is 1. The number of halogens is 1. The summed E-state index contributed by atoms with van der Waals surface area (Å²) in [4.78, 5) is 12.1. The molecule has 2 atom stereocenters. The van der Waals surface area contributed by atoms with Gasteiger partial charge in [0.15, 0.2) is 0 Å². The van der Waals surface area contributed by atoms with E-state index >= 15 is 0 Å². The van der Waals surface area contributed by atoms with Gasteiger partial charge < -0.3 is 10.1 Å². The third-order valence-electron chi connectivity index (χ3n) is 3.78. The SMILES string of the molecule is CN(C)S(=O)(=O)C[C@@H]1COC[C@H]1NC(=O)Cc1cccc(F)c1. The summed E-state index contributed by atoms with van der Waals surface area (Å²) >= 11 is 0. The number of carbonyl (C=O) groups excluding carboxylic acids is 1. The number of rotatable bonds is 6. The minimum atomic E-state index is -3.36. The minimum Gasteiger partial charge on any atom is -0.379 e. The summed E-state index contributed by atoms with van der Waals surface area (Å²) in [5.41, 5.74) is 0.568. The van der Waals surface area contributed by atoms with E-state index in [-0.39, 0.29) is 43.3 Å². The van der Waals surface area contributed by atoms with Gasteiger partial charge in [-0.15, -0.1) is 0 Å². The summed E-state index contributed by atoms with van der Waals surface area (Å²) in [6, 6.07) is 5.48. The van der Waals surface area contributed by atoms with Crippen molar-refractivity contribution in [3.63, 3.8) is 0 Å². The molecule has 1 amide bonds. The van der Waals surface area contributed by atoms with Gasteiger partial charge in [0.2, 0.25) is 15.9 Å². The van der Waals surface area contributed by atoms with Crippen LogP contribution in [0.5, 0.6) is 0 Å². The van der Waals surface area contributed by atoms with Gasteiger partial charge in [-0.2, -0.15) is 0 Å². The van der Waals surface area contributed by atoms with Gasteiger partial charge in [-0.1, -0.05) is 12.1 Å². The zero-order valence-electron chi connectivity index (χ0n) is 13.2. The molecule has 1 heterocycles. The van der Waals surface area contributed by atoms with E-state index in [9.17, 15) is 17.6 Å². The van der Waals surface area contributed by atoms with E-state index in [1.165, 1.54) is 26.2 Å². The Balaban J connectivity index is 1.94. The summed E-state index contributed by atoms with van der Waals surface area (Å²) in [6.45, 7) is 0.570. The van der Waals surface area contributed by atoms with E-state index in [4.69, 9.17) is 4.74 Å². The first-order valence-corrected chi connectivity index (χ1v) is 8.90. The van der Waals surface area contributed by atoms with Crippen LogP contribution in [0.1, 0.15) is 5.56 Å². The molecular formula is C15H21FN2O4S. The molecule has 1 aliphatic rings. The Kier molecular flexibility index (Phi) is 5.72. The molecule has 0 saturated carbocycles. The van der Waals surface area contributed by atoms with Gasteiger partial charge in [0.1, 0.15) is 5.82 Å². The molecule has 6 nitrogen and oxygen atoms in total. The highest BCUT2D eigenvalue weighted by molar-refractivity contribution is 7.89. The number of ether oxygens (including phenoxy) is 1. The monoisotopic (exact) mass is 344 g/mol. The number of nitrogens with one attached hydrogen (secondary N) is 1. The first-order valence-electron chi connectivity index (χ1n) is 7.29. The molecule has 128 valence electrons. The van der Waals surface area contributed by atoms with Crippen LogP contribution < -0.4 is 5.32 Å². The van der Waals surface area contributed by atoms with Crippen LogP contribution in [0.15, 0.2) is 24.3 Å². The molecule has 1 aliphatic heterocycles. The highest BCUT2D eigenvalue weighted by Gasteiger charge is 2.34. The van der Waals surface area contributed by atoms with E-state index in [0.717, 1.165) is 4.31 Å². The van der Waals surface area contributed by atoms with Crippen molar-refractivity contribution in [2.75, 3.05) is 33.1 Å². The van der Waals surface area contributed by atoms with Crippen LogP contribution >= 0.6 is 0 Å². The summed E-state index contributed by atoms with van der Waals surface area (Å²) in [5.74, 6) is -1.04. The van der Waals surface area contributed by atoms with E-state index in [1.807, 2.05) is 0 Å². The van der Waals surface area contributed by atoms with Crippen LogP contribution in [-0.4, -0.2) is 57.7 Å². The second kappa shape index (κ2) is 7.37. The van der Waals surface area contributed by atoms with Crippen LogP contribution in [0.4, 0.5) is 4.39 Å². The predicted molar refractivity (Wildman–Crippen MR) is 83.8 cm³/mol. The Morgan fingerprint density at radius 1 is 1.39 bits per heavy atom. The lowest BCUT2D eigenvalue weighted by Gasteiger charge is -2.21. The first kappa shape index (κ1) is 17.8.